The van der Waals surface area contributed by atoms with Crippen molar-refractivity contribution in [1.29, 1.82) is 5.26 Å². The summed E-state index contributed by atoms with van der Waals surface area (Å²) in [5, 5.41) is 31.5. The summed E-state index contributed by atoms with van der Waals surface area (Å²) < 4.78 is 0. The molecule has 1 aromatic rings. The van der Waals surface area contributed by atoms with Crippen molar-refractivity contribution < 1.29 is 10.2 Å². The minimum absolute atomic E-state index is 0.329. The maximum atomic E-state index is 9.97. The number of nitrogens with two attached hydrogens (primary N) is 1. The molecule has 5 nitrogen and oxygen atoms in total. The van der Waals surface area contributed by atoms with Crippen LogP contribution in [0.3, 0.4) is 0 Å². The predicted molar refractivity (Wildman–Crippen MR) is 65.1 cm³/mol. The molecule has 0 aromatic heterocycles. The number of nitrogen functional groups attached to an aromatic ring is 1. The second-order valence-electron chi connectivity index (χ2n) is 3.86. The molecule has 0 radical (unpaired) electrons. The highest BCUT2D eigenvalue weighted by molar-refractivity contribution is 5.50. The highest BCUT2D eigenvalue weighted by atomic mass is 16.3. The summed E-state index contributed by atoms with van der Waals surface area (Å²) in [5.41, 5.74) is 6.76. The molecular formula is C12H17N3O2. The van der Waals surface area contributed by atoms with Crippen LogP contribution in [0.15, 0.2) is 18.2 Å². The Kier molecular flexibility index (Phi) is 4.91. The summed E-state index contributed by atoms with van der Waals surface area (Å²) in [4.78, 5) is 0. The lowest BCUT2D eigenvalue weighted by atomic mass is 9.97. The maximum Gasteiger partial charge on any atom is 0.106 e. The van der Waals surface area contributed by atoms with E-state index in [1.807, 2.05) is 6.07 Å². The summed E-state index contributed by atoms with van der Waals surface area (Å²) >= 11 is 0. The van der Waals surface area contributed by atoms with Crippen LogP contribution >= 0.6 is 0 Å². The van der Waals surface area contributed by atoms with Gasteiger partial charge in [-0.25, -0.2) is 0 Å². The highest BCUT2D eigenvalue weighted by Gasteiger charge is 2.20. The van der Waals surface area contributed by atoms with Crippen molar-refractivity contribution in [3.8, 4) is 6.07 Å². The van der Waals surface area contributed by atoms with Gasteiger partial charge >= 0.3 is 0 Å². The van der Waals surface area contributed by atoms with Crippen molar-refractivity contribution in [3.63, 3.8) is 0 Å². The first-order valence-electron chi connectivity index (χ1n) is 5.40. The second kappa shape index (κ2) is 6.21. The van der Waals surface area contributed by atoms with Crippen molar-refractivity contribution in [1.82, 2.24) is 5.32 Å². The third kappa shape index (κ3) is 3.43. The summed E-state index contributed by atoms with van der Waals surface area (Å²) in [7, 11) is 1.76. The van der Waals surface area contributed by atoms with Crippen LogP contribution in [0, 0.1) is 11.3 Å². The summed E-state index contributed by atoms with van der Waals surface area (Å²) in [6.45, 7) is 0.586. The molecule has 2 unspecified atom stereocenters. The smallest absolute Gasteiger partial charge is 0.106 e. The van der Waals surface area contributed by atoms with E-state index in [4.69, 9.17) is 11.0 Å². The number of nitriles is 1. The summed E-state index contributed by atoms with van der Waals surface area (Å²) in [6.07, 6.45) is -1.62. The number of aliphatic hydroxyl groups is 2. The molecule has 5 heteroatoms. The second-order valence-corrected chi connectivity index (χ2v) is 3.86. The average Bonchev–Trinajstić information content (AvgIpc) is 2.34. The predicted octanol–water partition coefficient (Wildman–Crippen LogP) is 0.144. The van der Waals surface area contributed by atoms with Crippen LogP contribution in [0.1, 0.15) is 23.7 Å². The lowest BCUT2D eigenvalue weighted by Crippen LogP contribution is -2.24. The third-order valence-corrected chi connectivity index (χ3v) is 2.57. The monoisotopic (exact) mass is 235 g/mol. The normalized spacial score (nSPS) is 14.0. The van der Waals surface area contributed by atoms with Gasteiger partial charge in [0.05, 0.1) is 17.7 Å². The minimum Gasteiger partial charge on any atom is -0.399 e. The van der Waals surface area contributed by atoms with E-state index in [1.165, 1.54) is 6.07 Å². The van der Waals surface area contributed by atoms with Gasteiger partial charge in [0.1, 0.15) is 6.10 Å². The van der Waals surface area contributed by atoms with Gasteiger partial charge in [-0.15, -0.1) is 0 Å². The Morgan fingerprint density at radius 2 is 2.18 bits per heavy atom. The van der Waals surface area contributed by atoms with Gasteiger partial charge in [-0.3, -0.25) is 0 Å². The van der Waals surface area contributed by atoms with Gasteiger partial charge in [0.15, 0.2) is 0 Å². The lowest BCUT2D eigenvalue weighted by molar-refractivity contribution is 0.0139. The van der Waals surface area contributed by atoms with Gasteiger partial charge in [-0.1, -0.05) is 0 Å². The lowest BCUT2D eigenvalue weighted by Gasteiger charge is -2.19. The third-order valence-electron chi connectivity index (χ3n) is 2.57. The van der Waals surface area contributed by atoms with Crippen LogP contribution in [-0.2, 0) is 0 Å². The van der Waals surface area contributed by atoms with E-state index >= 15 is 0 Å². The van der Waals surface area contributed by atoms with Crippen LogP contribution in [0.25, 0.3) is 0 Å². The minimum atomic E-state index is -1.10. The molecule has 5 N–H and O–H groups in total. The van der Waals surface area contributed by atoms with Gasteiger partial charge in [-0.2, -0.15) is 5.26 Å². The molecule has 0 bridgehead atoms. The first-order chi connectivity index (χ1) is 8.10. The Morgan fingerprint density at radius 1 is 1.47 bits per heavy atom. The van der Waals surface area contributed by atoms with Gasteiger partial charge in [0.2, 0.25) is 0 Å². The fourth-order valence-electron chi connectivity index (χ4n) is 1.59. The quantitative estimate of drug-likeness (QED) is 0.544. The van der Waals surface area contributed by atoms with E-state index in [-0.39, 0.29) is 0 Å². The SMILES string of the molecule is CNCCC(O)C(O)c1cc(N)ccc1C#N. The van der Waals surface area contributed by atoms with Gasteiger partial charge < -0.3 is 21.3 Å². The number of hydrogen-bond acceptors (Lipinski definition) is 5. The van der Waals surface area contributed by atoms with Crippen LogP contribution in [0.2, 0.25) is 0 Å². The zero-order valence-corrected chi connectivity index (χ0v) is 9.72. The molecule has 0 amide bonds. The van der Waals surface area contributed by atoms with E-state index in [1.54, 1.807) is 19.2 Å². The average molecular weight is 235 g/mol. The van der Waals surface area contributed by atoms with E-state index in [0.29, 0.717) is 29.8 Å². The fourth-order valence-corrected chi connectivity index (χ4v) is 1.59. The highest BCUT2D eigenvalue weighted by Crippen LogP contribution is 2.24. The fraction of sp³-hybridized carbons (Fsp3) is 0.417. The van der Waals surface area contributed by atoms with Crippen LogP contribution in [-0.4, -0.2) is 29.9 Å². The van der Waals surface area contributed by atoms with Crippen molar-refractivity contribution >= 4 is 5.69 Å². The van der Waals surface area contributed by atoms with Crippen molar-refractivity contribution in [2.45, 2.75) is 18.6 Å². The number of aliphatic hydroxyl groups excluding tert-OH is 2. The Bertz CT molecular complexity index is 415. The number of rotatable bonds is 5. The molecule has 1 rings (SSSR count). The van der Waals surface area contributed by atoms with Crippen molar-refractivity contribution in [2.75, 3.05) is 19.3 Å². The molecule has 0 spiro atoms. The van der Waals surface area contributed by atoms with Crippen LogP contribution < -0.4 is 11.1 Å². The van der Waals surface area contributed by atoms with Gasteiger partial charge in [-0.05, 0) is 38.2 Å². The Balaban J connectivity index is 2.91. The molecule has 0 fully saturated rings. The van der Waals surface area contributed by atoms with E-state index in [9.17, 15) is 10.2 Å². The molecule has 2 atom stereocenters. The van der Waals surface area contributed by atoms with Gasteiger partial charge in [0.25, 0.3) is 0 Å². The zero-order valence-electron chi connectivity index (χ0n) is 9.72. The topological polar surface area (TPSA) is 102 Å². The van der Waals surface area contributed by atoms with E-state index < -0.39 is 12.2 Å². The molecule has 92 valence electrons. The molecular weight excluding hydrogens is 218 g/mol. The molecule has 0 aliphatic carbocycles. The molecule has 0 heterocycles. The summed E-state index contributed by atoms with van der Waals surface area (Å²) in [6, 6.07) is 6.62. The summed E-state index contributed by atoms with van der Waals surface area (Å²) in [5.74, 6) is 0. The van der Waals surface area contributed by atoms with Crippen molar-refractivity contribution in [3.05, 3.63) is 29.3 Å². The Labute approximate surface area is 100 Å². The Morgan fingerprint density at radius 3 is 2.76 bits per heavy atom. The van der Waals surface area contributed by atoms with Gasteiger partial charge in [0, 0.05) is 11.3 Å². The van der Waals surface area contributed by atoms with E-state index in [0.717, 1.165) is 0 Å². The molecule has 17 heavy (non-hydrogen) atoms. The molecule has 0 aliphatic heterocycles. The largest absolute Gasteiger partial charge is 0.399 e. The first kappa shape index (κ1) is 13.5. The zero-order chi connectivity index (χ0) is 12.8. The van der Waals surface area contributed by atoms with Crippen LogP contribution in [0.4, 0.5) is 5.69 Å². The Hall–Kier alpha value is -1.61. The standard InChI is InChI=1S/C12H17N3O2/c1-15-5-4-11(16)12(17)10-6-9(14)3-2-8(10)7-13/h2-3,6,11-12,15-17H,4-5,14H2,1H3. The molecule has 1 aromatic carbocycles. The maximum absolute atomic E-state index is 9.97. The van der Waals surface area contributed by atoms with Crippen LogP contribution in [0.5, 0.6) is 0 Å². The molecule has 0 saturated carbocycles. The number of nitrogens with zero attached hydrogens (tertiary/aromatic N) is 1. The molecule has 0 saturated heterocycles. The first-order valence-corrected chi connectivity index (χ1v) is 5.40. The van der Waals surface area contributed by atoms with E-state index in [2.05, 4.69) is 5.32 Å². The number of nitrogens with one attached hydrogen (secondary N) is 1. The van der Waals surface area contributed by atoms with Crippen molar-refractivity contribution in [2.24, 2.45) is 0 Å². The molecule has 0 aliphatic rings. The number of anilines is 1. The number of benzene rings is 1. The number of hydrogen-bond donors (Lipinski definition) is 4.